The van der Waals surface area contributed by atoms with Gasteiger partial charge < -0.3 is 15.0 Å². The predicted octanol–water partition coefficient (Wildman–Crippen LogP) is 3.78. The molecule has 1 saturated heterocycles. The molecular formula is C33H41N7O4S. The third-order valence-corrected chi connectivity index (χ3v) is 10.9. The van der Waals surface area contributed by atoms with E-state index in [-0.39, 0.29) is 54.3 Å². The van der Waals surface area contributed by atoms with Crippen LogP contribution >= 0.6 is 0 Å². The van der Waals surface area contributed by atoms with Crippen LogP contribution in [0.3, 0.4) is 0 Å². The first-order valence-electron chi connectivity index (χ1n) is 15.6. The Kier molecular flexibility index (Phi) is 8.64. The number of aromatic nitrogens is 4. The first-order valence-corrected chi connectivity index (χ1v) is 17.0. The highest BCUT2D eigenvalue weighted by atomic mass is 32.2. The molecule has 2 aliphatic heterocycles. The molecule has 6 rings (SSSR count). The van der Waals surface area contributed by atoms with Gasteiger partial charge in [-0.25, -0.2) is 18.1 Å². The Labute approximate surface area is 264 Å². The van der Waals surface area contributed by atoms with Gasteiger partial charge in [0.2, 0.25) is 21.8 Å². The number of aryl methyl sites for hydroxylation is 3. The summed E-state index contributed by atoms with van der Waals surface area (Å²) in [5.74, 6) is -0.137. The number of carbonyl (C=O) groups is 1. The van der Waals surface area contributed by atoms with Crippen molar-refractivity contribution in [1.82, 2.24) is 34.5 Å². The Morgan fingerprint density at radius 1 is 1.11 bits per heavy atom. The van der Waals surface area contributed by atoms with Crippen molar-refractivity contribution in [2.45, 2.75) is 76.6 Å². The van der Waals surface area contributed by atoms with Gasteiger partial charge in [0.15, 0.2) is 0 Å². The Morgan fingerprint density at radius 3 is 2.64 bits per heavy atom. The number of likely N-dealkylation sites (tertiary alicyclic amines) is 1. The van der Waals surface area contributed by atoms with Crippen LogP contribution in [0, 0.1) is 13.8 Å². The monoisotopic (exact) mass is 631 g/mol. The normalized spacial score (nSPS) is 19.4. The number of amides is 1. The number of fused-ring (bicyclic) bond motifs is 2. The van der Waals surface area contributed by atoms with Crippen molar-refractivity contribution in [1.29, 1.82) is 0 Å². The SMILES string of the molecule is CC[C@@H]1CN(Cc2cc([C@H](CC(=O)NC3CN(C)C3)c3ccc4c(nnn4CC)c3C)ccc2C)S(=O)(=O)c2cccnc2O1. The van der Waals surface area contributed by atoms with Gasteiger partial charge in [-0.15, -0.1) is 5.10 Å². The highest BCUT2D eigenvalue weighted by molar-refractivity contribution is 7.89. The molecule has 2 aromatic heterocycles. The largest absolute Gasteiger partial charge is 0.472 e. The second-order valence-electron chi connectivity index (χ2n) is 12.2. The number of nitrogens with one attached hydrogen (secondary N) is 1. The van der Waals surface area contributed by atoms with Gasteiger partial charge in [0.25, 0.3) is 0 Å². The number of benzene rings is 2. The van der Waals surface area contributed by atoms with Crippen LogP contribution in [0.2, 0.25) is 0 Å². The Morgan fingerprint density at radius 2 is 1.91 bits per heavy atom. The van der Waals surface area contributed by atoms with E-state index in [4.69, 9.17) is 4.74 Å². The van der Waals surface area contributed by atoms with Crippen LogP contribution in [0.25, 0.3) is 11.0 Å². The fourth-order valence-corrected chi connectivity index (χ4v) is 7.94. The first kappa shape index (κ1) is 31.1. The molecule has 1 N–H and O–H groups in total. The van der Waals surface area contributed by atoms with E-state index in [0.29, 0.717) is 13.0 Å². The fraction of sp³-hybridized carbons (Fsp3) is 0.455. The maximum Gasteiger partial charge on any atom is 0.248 e. The van der Waals surface area contributed by atoms with Gasteiger partial charge in [-0.3, -0.25) is 4.79 Å². The van der Waals surface area contributed by atoms with E-state index in [9.17, 15) is 13.2 Å². The number of hydrogen-bond donors (Lipinski definition) is 1. The lowest BCUT2D eigenvalue weighted by Gasteiger charge is -2.36. The number of pyridine rings is 1. The molecule has 12 heteroatoms. The second kappa shape index (κ2) is 12.5. The van der Waals surface area contributed by atoms with E-state index in [2.05, 4.69) is 43.7 Å². The van der Waals surface area contributed by atoms with Gasteiger partial charge in [0.1, 0.15) is 16.5 Å². The van der Waals surface area contributed by atoms with Crippen LogP contribution in [0.15, 0.2) is 53.6 Å². The molecule has 11 nitrogen and oxygen atoms in total. The molecule has 4 heterocycles. The molecule has 4 aromatic rings. The minimum Gasteiger partial charge on any atom is -0.472 e. The minimum absolute atomic E-state index is 0.0147. The lowest BCUT2D eigenvalue weighted by molar-refractivity contribution is -0.123. The second-order valence-corrected chi connectivity index (χ2v) is 14.1. The molecule has 238 valence electrons. The van der Waals surface area contributed by atoms with Gasteiger partial charge in [-0.1, -0.05) is 36.4 Å². The summed E-state index contributed by atoms with van der Waals surface area (Å²) >= 11 is 0. The van der Waals surface area contributed by atoms with Crippen molar-refractivity contribution < 1.29 is 17.9 Å². The molecule has 0 saturated carbocycles. The van der Waals surface area contributed by atoms with Crippen molar-refractivity contribution in [3.63, 3.8) is 0 Å². The van der Waals surface area contributed by atoms with Gasteiger partial charge in [-0.2, -0.15) is 4.31 Å². The standard InChI is InChI=1S/C33H41N7O4S/c1-6-26-20-39(45(42,43)30-9-8-14-34-33(30)44-26)17-24-15-23(11-10-21(24)3)28(16-31(41)35-25-18-38(5)19-25)27-12-13-29-32(22(27)4)36-37-40(29)7-2/h8-15,25-26,28H,6-7,16-20H2,1-5H3,(H,35,41)/t26-,28+/m1/s1. The van der Waals surface area contributed by atoms with E-state index < -0.39 is 10.0 Å². The van der Waals surface area contributed by atoms with E-state index in [0.717, 1.165) is 51.9 Å². The minimum atomic E-state index is -3.87. The average molecular weight is 632 g/mol. The predicted molar refractivity (Wildman–Crippen MR) is 172 cm³/mol. The molecule has 0 radical (unpaired) electrons. The number of nitrogens with zero attached hydrogens (tertiary/aromatic N) is 6. The highest BCUT2D eigenvalue weighted by Crippen LogP contribution is 2.36. The van der Waals surface area contributed by atoms with E-state index >= 15 is 0 Å². The molecule has 2 atom stereocenters. The topological polar surface area (TPSA) is 123 Å². The molecular weight excluding hydrogens is 590 g/mol. The Hall–Kier alpha value is -3.87. The highest BCUT2D eigenvalue weighted by Gasteiger charge is 2.35. The van der Waals surface area contributed by atoms with Crippen molar-refractivity contribution in [3.8, 4) is 5.88 Å². The van der Waals surface area contributed by atoms with Gasteiger partial charge in [0.05, 0.1) is 18.1 Å². The van der Waals surface area contributed by atoms with Crippen molar-refractivity contribution in [2.24, 2.45) is 0 Å². The molecule has 2 aromatic carbocycles. The third-order valence-electron chi connectivity index (χ3n) is 9.09. The molecule has 0 spiro atoms. The number of rotatable bonds is 9. The summed E-state index contributed by atoms with van der Waals surface area (Å²) in [6.45, 7) is 10.8. The quantitative estimate of drug-likeness (QED) is 0.296. The molecule has 0 unspecified atom stereocenters. The molecule has 0 bridgehead atoms. The molecule has 45 heavy (non-hydrogen) atoms. The van der Waals surface area contributed by atoms with E-state index in [1.54, 1.807) is 18.3 Å². The van der Waals surface area contributed by atoms with Crippen LogP contribution in [0.1, 0.15) is 60.4 Å². The summed E-state index contributed by atoms with van der Waals surface area (Å²) in [6.07, 6.45) is 2.11. The number of ether oxygens (including phenoxy) is 1. The van der Waals surface area contributed by atoms with Gasteiger partial charge in [0, 0.05) is 44.7 Å². The van der Waals surface area contributed by atoms with Crippen LogP contribution in [-0.4, -0.2) is 82.3 Å². The van der Waals surface area contributed by atoms with Crippen LogP contribution in [0.4, 0.5) is 0 Å². The Balaban J connectivity index is 1.38. The summed E-state index contributed by atoms with van der Waals surface area (Å²) in [6, 6.07) is 13.5. The van der Waals surface area contributed by atoms with Crippen molar-refractivity contribution in [3.05, 3.63) is 76.5 Å². The number of likely N-dealkylation sites (N-methyl/N-ethyl adjacent to an activating group) is 1. The maximum atomic E-state index is 13.9. The number of hydrogen-bond acceptors (Lipinski definition) is 8. The summed E-state index contributed by atoms with van der Waals surface area (Å²) in [5, 5.41) is 12.0. The number of sulfonamides is 1. The molecule has 2 aliphatic rings. The molecule has 1 amide bonds. The lowest BCUT2D eigenvalue weighted by atomic mass is 9.84. The smallest absolute Gasteiger partial charge is 0.248 e. The van der Waals surface area contributed by atoms with Crippen LogP contribution in [-0.2, 0) is 27.9 Å². The van der Waals surface area contributed by atoms with Crippen LogP contribution in [0.5, 0.6) is 5.88 Å². The van der Waals surface area contributed by atoms with Crippen LogP contribution < -0.4 is 10.1 Å². The summed E-state index contributed by atoms with van der Waals surface area (Å²) in [4.78, 5) is 19.9. The van der Waals surface area contributed by atoms with E-state index in [1.165, 1.54) is 4.31 Å². The summed E-state index contributed by atoms with van der Waals surface area (Å²) < 4.78 is 37.1. The van der Waals surface area contributed by atoms with Gasteiger partial charge >= 0.3 is 0 Å². The molecule has 1 fully saturated rings. The third kappa shape index (κ3) is 6.06. The zero-order valence-corrected chi connectivity index (χ0v) is 27.3. The summed E-state index contributed by atoms with van der Waals surface area (Å²) in [5.41, 5.74) is 6.55. The lowest BCUT2D eigenvalue weighted by Crippen LogP contribution is -2.57. The van der Waals surface area contributed by atoms with Gasteiger partial charge in [-0.05, 0) is 80.3 Å². The average Bonchev–Trinajstić information content (AvgIpc) is 3.40. The van der Waals surface area contributed by atoms with E-state index in [1.807, 2.05) is 51.6 Å². The van der Waals surface area contributed by atoms with Crippen molar-refractivity contribution in [2.75, 3.05) is 26.7 Å². The molecule has 0 aliphatic carbocycles. The zero-order chi connectivity index (χ0) is 31.9. The zero-order valence-electron chi connectivity index (χ0n) is 26.5. The first-order chi connectivity index (χ1) is 21.6. The number of carbonyl (C=O) groups excluding carboxylic acids is 1. The van der Waals surface area contributed by atoms with Crippen molar-refractivity contribution >= 4 is 27.0 Å². The fourth-order valence-electron chi connectivity index (χ4n) is 6.41. The Bertz CT molecular complexity index is 1830. The maximum absolute atomic E-state index is 13.9. The summed E-state index contributed by atoms with van der Waals surface area (Å²) in [7, 11) is -1.83.